The van der Waals surface area contributed by atoms with Crippen molar-refractivity contribution in [2.75, 3.05) is 5.32 Å². The second kappa shape index (κ2) is 11.0. The lowest BCUT2D eigenvalue weighted by Gasteiger charge is -2.19. The predicted octanol–water partition coefficient (Wildman–Crippen LogP) is 7.00. The van der Waals surface area contributed by atoms with Crippen LogP contribution in [0.2, 0.25) is 0 Å². The summed E-state index contributed by atoms with van der Waals surface area (Å²) >= 11 is 0. The first-order chi connectivity index (χ1) is 16.2. The molecule has 0 aliphatic heterocycles. The number of amides is 1. The summed E-state index contributed by atoms with van der Waals surface area (Å²) in [5, 5.41) is 2.44. The van der Waals surface area contributed by atoms with E-state index in [9.17, 15) is 9.59 Å². The number of benzene rings is 2. The zero-order valence-electron chi connectivity index (χ0n) is 19.5. The lowest BCUT2D eigenvalue weighted by atomic mass is 10.2. The normalized spacial score (nSPS) is 10.6. The van der Waals surface area contributed by atoms with Crippen LogP contribution in [-0.4, -0.2) is 11.7 Å². The standard InChI is InChI=1S/C27H27NO6/c1-19-24(33-21-15-9-6-10-16-21)23(32-20-13-7-5-8-14-20)18-12-11-17-22(25(29)31-19)28-26(30)34-27(2,3)4/h5-18H,1-4H3,(H,28,30). The summed E-state index contributed by atoms with van der Waals surface area (Å²) in [7, 11) is 0. The summed E-state index contributed by atoms with van der Waals surface area (Å²) in [5.41, 5.74) is -1.60. The van der Waals surface area contributed by atoms with E-state index in [1.54, 1.807) is 70.2 Å². The van der Waals surface area contributed by atoms with Crippen molar-refractivity contribution in [1.82, 2.24) is 0 Å². The van der Waals surface area contributed by atoms with Gasteiger partial charge >= 0.3 is 11.7 Å². The number of ether oxygens (including phenoxy) is 3. The molecule has 0 aliphatic rings. The Balaban J connectivity index is 2.11. The smallest absolute Gasteiger partial charge is 0.412 e. The van der Waals surface area contributed by atoms with Gasteiger partial charge in [0.1, 0.15) is 22.8 Å². The molecule has 1 amide bonds. The molecule has 2 aromatic carbocycles. The monoisotopic (exact) mass is 461 g/mol. The molecular formula is C27H27NO6. The largest absolute Gasteiger partial charge is 0.453 e. The molecule has 0 bridgehead atoms. The molecule has 0 aliphatic carbocycles. The molecular weight excluding hydrogens is 434 g/mol. The molecule has 7 heteroatoms. The molecule has 34 heavy (non-hydrogen) atoms. The highest BCUT2D eigenvalue weighted by Crippen LogP contribution is 2.35. The molecule has 1 N–H and O–H groups in total. The molecule has 3 rings (SSSR count). The first-order valence-electron chi connectivity index (χ1n) is 10.7. The number of anilines is 1. The molecule has 0 radical (unpaired) electrons. The Morgan fingerprint density at radius 2 is 1.32 bits per heavy atom. The van der Waals surface area contributed by atoms with Crippen molar-refractivity contribution in [2.24, 2.45) is 0 Å². The third-order valence-corrected chi connectivity index (χ3v) is 4.20. The van der Waals surface area contributed by atoms with Crippen LogP contribution in [0.15, 0.2) is 94.1 Å². The van der Waals surface area contributed by atoms with E-state index in [0.29, 0.717) is 17.2 Å². The Labute approximate surface area is 198 Å². The molecule has 0 saturated carbocycles. The highest BCUT2D eigenvalue weighted by molar-refractivity contribution is 5.84. The zero-order chi connectivity index (χ0) is 24.6. The van der Waals surface area contributed by atoms with Crippen molar-refractivity contribution >= 4 is 11.8 Å². The number of hydrogen-bond donors (Lipinski definition) is 1. The van der Waals surface area contributed by atoms with Crippen LogP contribution in [0.3, 0.4) is 0 Å². The maximum Gasteiger partial charge on any atom is 0.412 e. The maximum absolute atomic E-state index is 12.9. The van der Waals surface area contributed by atoms with E-state index in [-0.39, 0.29) is 17.2 Å². The average Bonchev–Trinajstić information content (AvgIpc) is 2.78. The lowest BCUT2D eigenvalue weighted by Crippen LogP contribution is -2.28. The van der Waals surface area contributed by atoms with Crippen molar-refractivity contribution in [2.45, 2.75) is 33.3 Å². The topological polar surface area (TPSA) is 87.0 Å². The molecule has 7 nitrogen and oxygen atoms in total. The minimum absolute atomic E-state index is 0.0928. The lowest BCUT2D eigenvalue weighted by molar-refractivity contribution is 0.0635. The van der Waals surface area contributed by atoms with Gasteiger partial charge in [-0.1, -0.05) is 48.5 Å². The molecule has 1 aromatic heterocycles. The van der Waals surface area contributed by atoms with Gasteiger partial charge in [0.05, 0.1) is 0 Å². The summed E-state index contributed by atoms with van der Waals surface area (Å²) in [6, 6.07) is 24.5. The number of carbonyl (C=O) groups excluding carboxylic acids is 1. The Bertz CT molecular complexity index is 1230. The molecule has 0 saturated heterocycles. The van der Waals surface area contributed by atoms with Gasteiger partial charge in [0.25, 0.3) is 0 Å². The second-order valence-corrected chi connectivity index (χ2v) is 8.23. The Kier molecular flexibility index (Phi) is 7.92. The molecule has 0 atom stereocenters. The van der Waals surface area contributed by atoms with Gasteiger partial charge in [-0.05, 0) is 64.1 Å². The van der Waals surface area contributed by atoms with Gasteiger partial charge < -0.3 is 18.6 Å². The number of hydrogen-bond acceptors (Lipinski definition) is 6. The highest BCUT2D eigenvalue weighted by atomic mass is 16.6. The van der Waals surface area contributed by atoms with Gasteiger partial charge in [0.15, 0.2) is 11.5 Å². The maximum atomic E-state index is 12.9. The Hall–Kier alpha value is -4.26. The summed E-state index contributed by atoms with van der Waals surface area (Å²) < 4.78 is 22.9. The molecule has 176 valence electrons. The van der Waals surface area contributed by atoms with Crippen molar-refractivity contribution < 1.29 is 23.4 Å². The molecule has 3 aromatic rings. The number of carbonyl (C=O) groups is 1. The molecule has 0 unspecified atom stereocenters. The molecule has 0 fully saturated rings. The molecule has 0 spiro atoms. The molecule has 1 heterocycles. The van der Waals surface area contributed by atoms with Crippen LogP contribution in [0.1, 0.15) is 26.5 Å². The summed E-state index contributed by atoms with van der Waals surface area (Å²) in [5.74, 6) is 1.78. The quantitative estimate of drug-likeness (QED) is 0.440. The number of rotatable bonds is 5. The summed E-state index contributed by atoms with van der Waals surface area (Å²) in [6.07, 6.45) is -0.771. The third-order valence-electron chi connectivity index (χ3n) is 4.20. The van der Waals surface area contributed by atoms with Gasteiger partial charge in [-0.2, -0.15) is 0 Å². The fraction of sp³-hybridized carbons (Fsp3) is 0.185. The van der Waals surface area contributed by atoms with Crippen LogP contribution in [0.4, 0.5) is 10.5 Å². The van der Waals surface area contributed by atoms with Crippen LogP contribution in [0.5, 0.6) is 23.0 Å². The van der Waals surface area contributed by atoms with Crippen molar-refractivity contribution in [1.29, 1.82) is 0 Å². The third kappa shape index (κ3) is 7.41. The van der Waals surface area contributed by atoms with Crippen LogP contribution in [0, 0.1) is 6.92 Å². The van der Waals surface area contributed by atoms with Gasteiger partial charge in [-0.15, -0.1) is 0 Å². The van der Waals surface area contributed by atoms with Gasteiger partial charge in [-0.25, -0.2) is 9.59 Å². The van der Waals surface area contributed by atoms with E-state index in [1.165, 1.54) is 6.07 Å². The zero-order valence-corrected chi connectivity index (χ0v) is 19.5. The first kappa shape index (κ1) is 24.4. The summed E-state index contributed by atoms with van der Waals surface area (Å²) in [4.78, 5) is 25.1. The fourth-order valence-electron chi connectivity index (χ4n) is 2.78. The van der Waals surface area contributed by atoms with Gasteiger partial charge in [-0.3, -0.25) is 5.32 Å². The predicted molar refractivity (Wildman–Crippen MR) is 130 cm³/mol. The van der Waals surface area contributed by atoms with E-state index < -0.39 is 17.3 Å². The number of nitrogens with one attached hydrogen (secondary N) is 1. The Morgan fingerprint density at radius 3 is 1.91 bits per heavy atom. The van der Waals surface area contributed by atoms with E-state index in [0.717, 1.165) is 0 Å². The van der Waals surface area contributed by atoms with Crippen molar-refractivity contribution in [3.63, 3.8) is 0 Å². The van der Waals surface area contributed by atoms with E-state index in [4.69, 9.17) is 18.6 Å². The minimum atomic E-state index is -0.789. The average molecular weight is 462 g/mol. The number of para-hydroxylation sites is 2. The van der Waals surface area contributed by atoms with Crippen LogP contribution in [-0.2, 0) is 4.74 Å². The van der Waals surface area contributed by atoms with Gasteiger partial charge in [0, 0.05) is 0 Å². The van der Waals surface area contributed by atoms with Crippen LogP contribution >= 0.6 is 0 Å². The first-order valence-corrected chi connectivity index (χ1v) is 10.7. The highest BCUT2D eigenvalue weighted by Gasteiger charge is 2.17. The van der Waals surface area contributed by atoms with E-state index in [1.807, 2.05) is 36.4 Å². The van der Waals surface area contributed by atoms with Crippen molar-refractivity contribution in [3.05, 3.63) is 101 Å². The summed E-state index contributed by atoms with van der Waals surface area (Å²) in [6.45, 7) is 6.76. The second-order valence-electron chi connectivity index (χ2n) is 8.23. The van der Waals surface area contributed by atoms with Crippen molar-refractivity contribution in [3.8, 4) is 23.0 Å². The van der Waals surface area contributed by atoms with Crippen LogP contribution < -0.4 is 20.4 Å². The SMILES string of the molecule is Cc1oc(=O)c(NC(=O)OC(C)(C)C)ccccc(Oc2ccccc2)c1Oc1ccccc1. The minimum Gasteiger partial charge on any atom is -0.453 e. The fourth-order valence-corrected chi connectivity index (χ4v) is 2.78. The number of aryl methyl sites for hydroxylation is 1. The van der Waals surface area contributed by atoms with Crippen LogP contribution in [0.25, 0.3) is 0 Å². The van der Waals surface area contributed by atoms with E-state index in [2.05, 4.69) is 5.32 Å². The van der Waals surface area contributed by atoms with Gasteiger partial charge in [0.2, 0.25) is 5.75 Å². The van der Waals surface area contributed by atoms with E-state index >= 15 is 0 Å². The Morgan fingerprint density at radius 1 is 0.794 bits per heavy atom.